The zero-order valence-electron chi connectivity index (χ0n) is 12.0. The van der Waals surface area contributed by atoms with E-state index in [0.29, 0.717) is 25.3 Å². The molecule has 1 aliphatic rings. The fourth-order valence-electron chi connectivity index (χ4n) is 2.51. The van der Waals surface area contributed by atoms with Gasteiger partial charge in [-0.15, -0.1) is 0 Å². The number of hydrogen-bond donors (Lipinski definition) is 2. The summed E-state index contributed by atoms with van der Waals surface area (Å²) >= 11 is 0. The standard InChI is InChI=1S/C15H20N2O4/c1-21-8-2-3-12(16)14(18)17-7-6-10-4-5-11(15(19)20)9-13(10)17/h4-5,9,12H,2-3,6-8,16H2,1H3,(H,19,20). The van der Waals surface area contributed by atoms with Crippen molar-refractivity contribution < 1.29 is 19.4 Å². The predicted octanol–water partition coefficient (Wildman–Crippen LogP) is 1.03. The van der Waals surface area contributed by atoms with Gasteiger partial charge in [-0.05, 0) is 37.0 Å². The number of fused-ring (bicyclic) bond motifs is 1. The highest BCUT2D eigenvalue weighted by atomic mass is 16.5. The van der Waals surface area contributed by atoms with Crippen LogP contribution in [0, 0.1) is 0 Å². The summed E-state index contributed by atoms with van der Waals surface area (Å²) in [7, 11) is 1.61. The lowest BCUT2D eigenvalue weighted by molar-refractivity contribution is -0.119. The quantitative estimate of drug-likeness (QED) is 0.764. The van der Waals surface area contributed by atoms with E-state index in [0.717, 1.165) is 18.4 Å². The summed E-state index contributed by atoms with van der Waals surface area (Å²) in [4.78, 5) is 25.0. The number of carbonyl (C=O) groups is 2. The Morgan fingerprint density at radius 3 is 2.90 bits per heavy atom. The minimum atomic E-state index is -0.999. The van der Waals surface area contributed by atoms with Crippen molar-refractivity contribution in [2.75, 3.05) is 25.2 Å². The Kier molecular flexibility index (Phi) is 4.93. The van der Waals surface area contributed by atoms with Gasteiger partial charge in [0.2, 0.25) is 5.91 Å². The van der Waals surface area contributed by atoms with Crippen LogP contribution in [0.4, 0.5) is 5.69 Å². The SMILES string of the molecule is COCCCC(N)C(=O)N1CCc2ccc(C(=O)O)cc21. The largest absolute Gasteiger partial charge is 0.478 e. The fraction of sp³-hybridized carbons (Fsp3) is 0.467. The third kappa shape index (κ3) is 3.40. The molecule has 1 atom stereocenters. The smallest absolute Gasteiger partial charge is 0.335 e. The molecular weight excluding hydrogens is 272 g/mol. The first-order valence-corrected chi connectivity index (χ1v) is 6.96. The molecule has 1 unspecified atom stereocenters. The van der Waals surface area contributed by atoms with Crippen LogP contribution in [-0.4, -0.2) is 43.3 Å². The molecule has 0 radical (unpaired) electrons. The van der Waals surface area contributed by atoms with E-state index in [4.69, 9.17) is 15.6 Å². The van der Waals surface area contributed by atoms with Gasteiger partial charge in [-0.25, -0.2) is 4.79 Å². The van der Waals surface area contributed by atoms with Crippen LogP contribution >= 0.6 is 0 Å². The zero-order chi connectivity index (χ0) is 15.4. The van der Waals surface area contributed by atoms with Gasteiger partial charge in [-0.1, -0.05) is 6.07 Å². The minimum Gasteiger partial charge on any atom is -0.478 e. The second-order valence-electron chi connectivity index (χ2n) is 5.13. The predicted molar refractivity (Wildman–Crippen MR) is 78.5 cm³/mol. The Morgan fingerprint density at radius 1 is 1.48 bits per heavy atom. The molecule has 3 N–H and O–H groups in total. The van der Waals surface area contributed by atoms with Crippen molar-refractivity contribution in [3.63, 3.8) is 0 Å². The number of benzene rings is 1. The van der Waals surface area contributed by atoms with Crippen molar-refractivity contribution in [2.45, 2.75) is 25.3 Å². The second-order valence-corrected chi connectivity index (χ2v) is 5.13. The Bertz CT molecular complexity index is 544. The van der Waals surface area contributed by atoms with E-state index in [9.17, 15) is 9.59 Å². The number of ether oxygens (including phenoxy) is 1. The zero-order valence-corrected chi connectivity index (χ0v) is 12.0. The van der Waals surface area contributed by atoms with Crippen molar-refractivity contribution >= 4 is 17.6 Å². The number of rotatable bonds is 6. The molecule has 0 bridgehead atoms. The molecule has 1 aliphatic heterocycles. The van der Waals surface area contributed by atoms with Crippen molar-refractivity contribution in [1.29, 1.82) is 0 Å². The first kappa shape index (κ1) is 15.5. The van der Waals surface area contributed by atoms with Crippen molar-refractivity contribution in [3.8, 4) is 0 Å². The van der Waals surface area contributed by atoms with E-state index in [-0.39, 0.29) is 11.5 Å². The van der Waals surface area contributed by atoms with Gasteiger partial charge < -0.3 is 20.5 Å². The second kappa shape index (κ2) is 6.69. The van der Waals surface area contributed by atoms with Crippen LogP contribution in [0.5, 0.6) is 0 Å². The number of methoxy groups -OCH3 is 1. The molecule has 6 heteroatoms. The summed E-state index contributed by atoms with van der Waals surface area (Å²) in [6.07, 6.45) is 2.00. The normalized spacial score (nSPS) is 14.9. The lowest BCUT2D eigenvalue weighted by Gasteiger charge is -2.21. The number of carbonyl (C=O) groups excluding carboxylic acids is 1. The minimum absolute atomic E-state index is 0.160. The Morgan fingerprint density at radius 2 is 2.24 bits per heavy atom. The van der Waals surface area contributed by atoms with E-state index >= 15 is 0 Å². The summed E-state index contributed by atoms with van der Waals surface area (Å²) in [5, 5.41) is 9.05. The highest BCUT2D eigenvalue weighted by Gasteiger charge is 2.28. The van der Waals surface area contributed by atoms with Crippen LogP contribution < -0.4 is 10.6 Å². The van der Waals surface area contributed by atoms with Crippen molar-refractivity contribution in [1.82, 2.24) is 0 Å². The molecule has 1 aromatic rings. The molecule has 0 saturated carbocycles. The van der Waals surface area contributed by atoms with Crippen LogP contribution in [0.2, 0.25) is 0 Å². The van der Waals surface area contributed by atoms with Crippen LogP contribution in [0.15, 0.2) is 18.2 Å². The summed E-state index contributed by atoms with van der Waals surface area (Å²) < 4.78 is 4.95. The third-order valence-electron chi connectivity index (χ3n) is 3.67. The number of nitrogens with two attached hydrogens (primary N) is 1. The van der Waals surface area contributed by atoms with E-state index in [1.54, 1.807) is 30.2 Å². The van der Waals surface area contributed by atoms with Gasteiger partial charge in [0.25, 0.3) is 0 Å². The molecule has 0 saturated heterocycles. The van der Waals surface area contributed by atoms with E-state index in [1.165, 1.54) is 0 Å². The van der Waals surface area contributed by atoms with Crippen LogP contribution in [-0.2, 0) is 16.0 Å². The number of carboxylic acid groups (broad SMARTS) is 1. The molecule has 0 aliphatic carbocycles. The third-order valence-corrected chi connectivity index (χ3v) is 3.67. The number of amides is 1. The molecule has 1 aromatic carbocycles. The van der Waals surface area contributed by atoms with Gasteiger partial charge in [0.15, 0.2) is 0 Å². The molecule has 0 spiro atoms. The van der Waals surface area contributed by atoms with E-state index < -0.39 is 12.0 Å². The molecule has 114 valence electrons. The maximum atomic E-state index is 12.4. The Labute approximate surface area is 123 Å². The number of aromatic carboxylic acids is 1. The van der Waals surface area contributed by atoms with Crippen molar-refractivity contribution in [3.05, 3.63) is 29.3 Å². The van der Waals surface area contributed by atoms with Gasteiger partial charge in [0.05, 0.1) is 11.6 Å². The molecule has 2 rings (SSSR count). The van der Waals surface area contributed by atoms with Gasteiger partial charge in [0.1, 0.15) is 0 Å². The summed E-state index contributed by atoms with van der Waals surface area (Å²) in [6.45, 7) is 1.12. The maximum Gasteiger partial charge on any atom is 0.335 e. The van der Waals surface area contributed by atoms with Gasteiger partial charge >= 0.3 is 5.97 Å². The molecular formula is C15H20N2O4. The van der Waals surface area contributed by atoms with Gasteiger partial charge in [-0.2, -0.15) is 0 Å². The first-order chi connectivity index (χ1) is 10.0. The van der Waals surface area contributed by atoms with Crippen LogP contribution in [0.3, 0.4) is 0 Å². The summed E-state index contributed by atoms with van der Waals surface area (Å²) in [5.74, 6) is -1.16. The van der Waals surface area contributed by atoms with Gasteiger partial charge in [0, 0.05) is 25.9 Å². The topological polar surface area (TPSA) is 92.9 Å². The number of carboxylic acids is 1. The number of anilines is 1. The van der Waals surface area contributed by atoms with Gasteiger partial charge in [-0.3, -0.25) is 4.79 Å². The van der Waals surface area contributed by atoms with Crippen molar-refractivity contribution in [2.24, 2.45) is 5.73 Å². The summed E-state index contributed by atoms with van der Waals surface area (Å²) in [6, 6.07) is 4.29. The average Bonchev–Trinajstić information content (AvgIpc) is 2.89. The van der Waals surface area contributed by atoms with Crippen LogP contribution in [0.25, 0.3) is 0 Å². The van der Waals surface area contributed by atoms with E-state index in [1.807, 2.05) is 0 Å². The molecule has 6 nitrogen and oxygen atoms in total. The summed E-state index contributed by atoms with van der Waals surface area (Å²) in [5.41, 5.74) is 7.76. The number of nitrogens with zero attached hydrogens (tertiary/aromatic N) is 1. The molecule has 1 amide bonds. The Balaban J connectivity index is 2.12. The average molecular weight is 292 g/mol. The number of hydrogen-bond acceptors (Lipinski definition) is 4. The van der Waals surface area contributed by atoms with E-state index in [2.05, 4.69) is 0 Å². The highest BCUT2D eigenvalue weighted by Crippen LogP contribution is 2.29. The maximum absolute atomic E-state index is 12.4. The lowest BCUT2D eigenvalue weighted by atomic mass is 10.1. The fourth-order valence-corrected chi connectivity index (χ4v) is 2.51. The molecule has 21 heavy (non-hydrogen) atoms. The Hall–Kier alpha value is -1.92. The highest BCUT2D eigenvalue weighted by molar-refractivity contribution is 6.00. The van der Waals surface area contributed by atoms with Crippen LogP contribution in [0.1, 0.15) is 28.8 Å². The molecule has 0 aromatic heterocycles. The molecule has 0 fully saturated rings. The molecule has 1 heterocycles. The monoisotopic (exact) mass is 292 g/mol. The lowest BCUT2D eigenvalue weighted by Crippen LogP contribution is -2.43. The first-order valence-electron chi connectivity index (χ1n) is 6.96.